The van der Waals surface area contributed by atoms with Gasteiger partial charge in [0.1, 0.15) is 6.04 Å². The van der Waals surface area contributed by atoms with Crippen LogP contribution in [0.15, 0.2) is 0 Å². The zero-order valence-corrected chi connectivity index (χ0v) is 11.8. The van der Waals surface area contributed by atoms with E-state index in [9.17, 15) is 19.2 Å². The van der Waals surface area contributed by atoms with E-state index < -0.39 is 23.9 Å². The molecular weight excluding hydrogens is 278 g/mol. The fourth-order valence-electron chi connectivity index (χ4n) is 2.74. The first kappa shape index (κ1) is 15.3. The van der Waals surface area contributed by atoms with Crippen molar-refractivity contribution in [2.24, 2.45) is 5.92 Å². The van der Waals surface area contributed by atoms with E-state index in [-0.39, 0.29) is 24.3 Å². The van der Waals surface area contributed by atoms with E-state index in [2.05, 4.69) is 10.6 Å². The molecule has 3 N–H and O–H groups in total. The third-order valence-corrected chi connectivity index (χ3v) is 4.10. The first-order chi connectivity index (χ1) is 9.88. The van der Waals surface area contributed by atoms with E-state index in [1.54, 1.807) is 0 Å². The highest BCUT2D eigenvalue weighted by atomic mass is 16.4. The summed E-state index contributed by atoms with van der Waals surface area (Å²) in [7, 11) is 1.39. The summed E-state index contributed by atoms with van der Waals surface area (Å²) in [5, 5.41) is 14.1. The number of nitrogens with zero attached hydrogens (tertiary/aromatic N) is 1. The lowest BCUT2D eigenvalue weighted by Gasteiger charge is -2.27. The largest absolute Gasteiger partial charge is 0.481 e. The van der Waals surface area contributed by atoms with Crippen LogP contribution < -0.4 is 10.6 Å². The van der Waals surface area contributed by atoms with Crippen LogP contribution in [0, 0.1) is 5.92 Å². The van der Waals surface area contributed by atoms with E-state index >= 15 is 0 Å². The molecule has 2 aliphatic rings. The van der Waals surface area contributed by atoms with Crippen LogP contribution in [0.4, 0.5) is 4.79 Å². The Kier molecular flexibility index (Phi) is 4.44. The SMILES string of the molecule is CN1C(=O)CC(NC(=O)NC2CCC(C(=O)O)CC2)C1=O. The molecule has 0 aromatic heterocycles. The van der Waals surface area contributed by atoms with E-state index in [4.69, 9.17) is 5.11 Å². The van der Waals surface area contributed by atoms with E-state index in [0.29, 0.717) is 25.7 Å². The molecule has 21 heavy (non-hydrogen) atoms. The number of hydrogen-bond donors (Lipinski definition) is 3. The third-order valence-electron chi connectivity index (χ3n) is 4.10. The van der Waals surface area contributed by atoms with Gasteiger partial charge in [-0.1, -0.05) is 0 Å². The quantitative estimate of drug-likeness (QED) is 0.618. The molecular formula is C13H19N3O5. The van der Waals surface area contributed by atoms with Crippen LogP contribution in [0.25, 0.3) is 0 Å². The summed E-state index contributed by atoms with van der Waals surface area (Å²) in [6.07, 6.45) is 2.24. The van der Waals surface area contributed by atoms with E-state index in [1.165, 1.54) is 7.05 Å². The monoisotopic (exact) mass is 297 g/mol. The highest BCUT2D eigenvalue weighted by Gasteiger charge is 2.37. The molecule has 0 bridgehead atoms. The second kappa shape index (κ2) is 6.11. The van der Waals surface area contributed by atoms with Crippen molar-refractivity contribution >= 4 is 23.8 Å². The molecule has 2 fully saturated rings. The van der Waals surface area contributed by atoms with Crippen molar-refractivity contribution in [3.63, 3.8) is 0 Å². The number of hydrogen-bond acceptors (Lipinski definition) is 4. The lowest BCUT2D eigenvalue weighted by molar-refractivity contribution is -0.143. The van der Waals surface area contributed by atoms with Crippen LogP contribution >= 0.6 is 0 Å². The van der Waals surface area contributed by atoms with Gasteiger partial charge in [0.25, 0.3) is 5.91 Å². The molecule has 1 unspecified atom stereocenters. The predicted octanol–water partition coefficient (Wildman–Crippen LogP) is -0.314. The molecule has 1 heterocycles. The molecule has 0 radical (unpaired) electrons. The Morgan fingerprint density at radius 3 is 2.24 bits per heavy atom. The number of urea groups is 1. The Morgan fingerprint density at radius 1 is 1.14 bits per heavy atom. The number of carboxylic acid groups (broad SMARTS) is 1. The van der Waals surface area contributed by atoms with Crippen molar-refractivity contribution in [1.82, 2.24) is 15.5 Å². The maximum atomic E-state index is 11.8. The number of carboxylic acids is 1. The summed E-state index contributed by atoms with van der Waals surface area (Å²) in [5.41, 5.74) is 0. The zero-order valence-electron chi connectivity index (χ0n) is 11.8. The zero-order chi connectivity index (χ0) is 15.6. The minimum Gasteiger partial charge on any atom is -0.481 e. The Morgan fingerprint density at radius 2 is 1.76 bits per heavy atom. The average Bonchev–Trinajstić information content (AvgIpc) is 2.67. The minimum absolute atomic E-state index is 0.0193. The molecule has 0 aromatic carbocycles. The van der Waals surface area contributed by atoms with Gasteiger partial charge in [0.15, 0.2) is 0 Å². The fourth-order valence-corrected chi connectivity index (χ4v) is 2.74. The van der Waals surface area contributed by atoms with Crippen molar-refractivity contribution in [2.75, 3.05) is 7.05 Å². The molecule has 1 aliphatic carbocycles. The first-order valence-corrected chi connectivity index (χ1v) is 6.98. The Labute approximate surface area is 121 Å². The van der Waals surface area contributed by atoms with Crippen LogP contribution in [0.5, 0.6) is 0 Å². The smallest absolute Gasteiger partial charge is 0.315 e. The van der Waals surface area contributed by atoms with Gasteiger partial charge in [0.2, 0.25) is 5.91 Å². The highest BCUT2D eigenvalue weighted by molar-refractivity contribution is 6.06. The van der Waals surface area contributed by atoms with Gasteiger partial charge in [-0.15, -0.1) is 0 Å². The van der Waals surface area contributed by atoms with Gasteiger partial charge in [-0.2, -0.15) is 0 Å². The van der Waals surface area contributed by atoms with Gasteiger partial charge < -0.3 is 15.7 Å². The number of likely N-dealkylation sites (N-methyl/N-ethyl adjacent to an activating group) is 1. The summed E-state index contributed by atoms with van der Waals surface area (Å²) in [6, 6.07) is -1.39. The summed E-state index contributed by atoms with van der Waals surface area (Å²) >= 11 is 0. The minimum atomic E-state index is -0.808. The molecule has 8 heteroatoms. The Balaban J connectivity index is 1.77. The molecule has 8 nitrogen and oxygen atoms in total. The lowest BCUT2D eigenvalue weighted by atomic mass is 9.86. The van der Waals surface area contributed by atoms with Gasteiger partial charge in [-0.25, -0.2) is 4.79 Å². The van der Waals surface area contributed by atoms with E-state index in [1.807, 2.05) is 0 Å². The molecule has 4 amide bonds. The first-order valence-electron chi connectivity index (χ1n) is 6.98. The maximum absolute atomic E-state index is 11.8. The molecule has 0 spiro atoms. The second-order valence-corrected chi connectivity index (χ2v) is 5.55. The standard InChI is InChI=1S/C13H19N3O5/c1-16-10(17)6-9(11(16)18)15-13(21)14-8-4-2-7(3-5-8)12(19)20/h7-9H,2-6H2,1H3,(H,19,20)(H2,14,15,21). The Bertz CT molecular complexity index is 470. The third kappa shape index (κ3) is 3.50. The molecule has 2 rings (SSSR count). The van der Waals surface area contributed by atoms with Crippen LogP contribution in [0.1, 0.15) is 32.1 Å². The van der Waals surface area contributed by atoms with Crippen LogP contribution in [-0.2, 0) is 14.4 Å². The van der Waals surface area contributed by atoms with E-state index in [0.717, 1.165) is 4.90 Å². The Hall–Kier alpha value is -2.12. The number of imide groups is 1. The van der Waals surface area contributed by atoms with Crippen LogP contribution in [0.3, 0.4) is 0 Å². The van der Waals surface area contributed by atoms with Gasteiger partial charge in [0.05, 0.1) is 12.3 Å². The van der Waals surface area contributed by atoms with Crippen LogP contribution in [0.2, 0.25) is 0 Å². The van der Waals surface area contributed by atoms with Crippen LogP contribution in [-0.4, -0.2) is 53.0 Å². The molecule has 1 saturated heterocycles. The number of likely N-dealkylation sites (tertiary alicyclic amines) is 1. The molecule has 1 atom stereocenters. The molecule has 116 valence electrons. The number of amides is 4. The normalized spacial score (nSPS) is 29.4. The van der Waals surface area contributed by atoms with Gasteiger partial charge >= 0.3 is 12.0 Å². The summed E-state index contributed by atoms with van der Waals surface area (Å²) in [5.74, 6) is -1.86. The van der Waals surface area contributed by atoms with Gasteiger partial charge in [-0.3, -0.25) is 19.3 Å². The van der Waals surface area contributed by atoms with Crippen molar-refractivity contribution in [3.8, 4) is 0 Å². The lowest BCUT2D eigenvalue weighted by Crippen LogP contribution is -2.49. The second-order valence-electron chi connectivity index (χ2n) is 5.55. The van der Waals surface area contributed by atoms with Crippen molar-refractivity contribution < 1.29 is 24.3 Å². The fraction of sp³-hybridized carbons (Fsp3) is 0.692. The molecule has 1 aliphatic heterocycles. The number of carbonyl (C=O) groups excluding carboxylic acids is 3. The number of carbonyl (C=O) groups is 4. The average molecular weight is 297 g/mol. The molecule has 1 saturated carbocycles. The number of rotatable bonds is 3. The predicted molar refractivity (Wildman–Crippen MR) is 71.2 cm³/mol. The van der Waals surface area contributed by atoms with Crippen molar-refractivity contribution in [1.29, 1.82) is 0 Å². The topological polar surface area (TPSA) is 116 Å². The summed E-state index contributed by atoms with van der Waals surface area (Å²) < 4.78 is 0. The van der Waals surface area contributed by atoms with Crippen molar-refractivity contribution in [3.05, 3.63) is 0 Å². The maximum Gasteiger partial charge on any atom is 0.315 e. The molecule has 0 aromatic rings. The van der Waals surface area contributed by atoms with Gasteiger partial charge in [-0.05, 0) is 25.7 Å². The number of aliphatic carboxylic acids is 1. The van der Waals surface area contributed by atoms with Crippen molar-refractivity contribution in [2.45, 2.75) is 44.2 Å². The summed E-state index contributed by atoms with van der Waals surface area (Å²) in [6.45, 7) is 0. The number of nitrogens with one attached hydrogen (secondary N) is 2. The summed E-state index contributed by atoms with van der Waals surface area (Å²) in [4.78, 5) is 46.7. The van der Waals surface area contributed by atoms with Gasteiger partial charge in [0, 0.05) is 13.1 Å². The highest BCUT2D eigenvalue weighted by Crippen LogP contribution is 2.24.